The van der Waals surface area contributed by atoms with Gasteiger partial charge in [0.25, 0.3) is 0 Å². The Hall–Kier alpha value is -4.01. The lowest BCUT2D eigenvalue weighted by Crippen LogP contribution is -2.25. The zero-order chi connectivity index (χ0) is 24.6. The van der Waals surface area contributed by atoms with Gasteiger partial charge in [0.1, 0.15) is 18.1 Å². The van der Waals surface area contributed by atoms with Gasteiger partial charge in [-0.15, -0.1) is 0 Å². The Balaban J connectivity index is 1.20. The van der Waals surface area contributed by atoms with E-state index in [0.717, 1.165) is 62.2 Å². The number of aromatic nitrogens is 5. The van der Waals surface area contributed by atoms with Crippen LogP contribution in [0, 0.1) is 0 Å². The largest absolute Gasteiger partial charge is 0.491 e. The van der Waals surface area contributed by atoms with Crippen molar-refractivity contribution in [2.75, 3.05) is 26.2 Å². The van der Waals surface area contributed by atoms with E-state index in [1.54, 1.807) is 17.5 Å². The van der Waals surface area contributed by atoms with E-state index in [-0.39, 0.29) is 0 Å². The zero-order valence-corrected chi connectivity index (χ0v) is 21.1. The van der Waals surface area contributed by atoms with Crippen molar-refractivity contribution in [2.24, 2.45) is 0 Å². The van der Waals surface area contributed by atoms with Crippen molar-refractivity contribution in [3.05, 3.63) is 71.9 Å². The lowest BCUT2D eigenvalue weighted by atomic mass is 10.0. The molecule has 7 rings (SSSR count). The fraction of sp³-hybridized carbons (Fsp3) is 0.207. The average molecular weight is 507 g/mol. The third-order valence-corrected chi connectivity index (χ3v) is 7.80. The summed E-state index contributed by atoms with van der Waals surface area (Å²) in [6.45, 7) is 4.00. The van der Waals surface area contributed by atoms with Crippen molar-refractivity contribution in [1.29, 1.82) is 0 Å². The van der Waals surface area contributed by atoms with Gasteiger partial charge in [-0.3, -0.25) is 20.0 Å². The Morgan fingerprint density at radius 3 is 2.68 bits per heavy atom. The Morgan fingerprint density at radius 1 is 0.865 bits per heavy atom. The van der Waals surface area contributed by atoms with E-state index >= 15 is 0 Å². The van der Waals surface area contributed by atoms with Gasteiger partial charge in [-0.25, -0.2) is 0 Å². The smallest absolute Gasteiger partial charge is 0.138 e. The molecule has 0 amide bonds. The van der Waals surface area contributed by atoms with Crippen LogP contribution in [0.5, 0.6) is 5.75 Å². The number of likely N-dealkylation sites (tertiary alicyclic amines) is 1. The van der Waals surface area contributed by atoms with Gasteiger partial charge in [-0.1, -0.05) is 6.07 Å². The summed E-state index contributed by atoms with van der Waals surface area (Å²) in [7, 11) is 0. The van der Waals surface area contributed by atoms with E-state index in [1.165, 1.54) is 31.5 Å². The SMILES string of the molecule is c1cc(-c2cncc3[nH]c(-c4n[nH]c5ccc(-c6cncc(OCCN7CCCC7)c6)cc45)cc23)cs1. The Bertz CT molecular complexity index is 1680. The van der Waals surface area contributed by atoms with E-state index in [0.29, 0.717) is 6.61 Å². The van der Waals surface area contributed by atoms with E-state index < -0.39 is 0 Å². The minimum absolute atomic E-state index is 0.679. The summed E-state index contributed by atoms with van der Waals surface area (Å²) in [5.41, 5.74) is 8.22. The molecule has 0 saturated carbocycles. The van der Waals surface area contributed by atoms with Crippen molar-refractivity contribution in [1.82, 2.24) is 30.0 Å². The molecule has 1 aromatic carbocycles. The highest BCUT2D eigenvalue weighted by molar-refractivity contribution is 7.08. The third-order valence-electron chi connectivity index (χ3n) is 7.12. The second kappa shape index (κ2) is 9.46. The van der Waals surface area contributed by atoms with Crippen LogP contribution in [0.1, 0.15) is 12.8 Å². The number of hydrogen-bond donors (Lipinski definition) is 2. The molecule has 0 atom stereocenters. The molecule has 1 aliphatic heterocycles. The van der Waals surface area contributed by atoms with Crippen LogP contribution in [0.25, 0.3) is 55.4 Å². The van der Waals surface area contributed by atoms with Gasteiger partial charge in [0.05, 0.1) is 29.1 Å². The highest BCUT2D eigenvalue weighted by Gasteiger charge is 2.15. The molecule has 1 aliphatic rings. The molecule has 6 heterocycles. The summed E-state index contributed by atoms with van der Waals surface area (Å²) in [5, 5.41) is 14.3. The highest BCUT2D eigenvalue weighted by atomic mass is 32.1. The average Bonchev–Trinajstić information content (AvgIpc) is 3.74. The Labute approximate surface area is 218 Å². The molecule has 7 nitrogen and oxygen atoms in total. The van der Waals surface area contributed by atoms with Crippen LogP contribution >= 0.6 is 11.3 Å². The molecule has 1 fully saturated rings. The van der Waals surface area contributed by atoms with Crippen molar-refractivity contribution in [3.8, 4) is 39.4 Å². The van der Waals surface area contributed by atoms with Crippen molar-refractivity contribution < 1.29 is 4.74 Å². The molecule has 5 aromatic heterocycles. The molecule has 0 aliphatic carbocycles. The minimum Gasteiger partial charge on any atom is -0.491 e. The molecule has 6 aromatic rings. The summed E-state index contributed by atoms with van der Waals surface area (Å²) in [5.74, 6) is 0.799. The van der Waals surface area contributed by atoms with E-state index in [2.05, 4.69) is 77.2 Å². The quantitative estimate of drug-likeness (QED) is 0.263. The van der Waals surface area contributed by atoms with E-state index in [9.17, 15) is 0 Å². The normalized spacial score (nSPS) is 14.2. The van der Waals surface area contributed by atoms with Gasteiger partial charge >= 0.3 is 0 Å². The van der Waals surface area contributed by atoms with Crippen LogP contribution in [0.15, 0.2) is 71.9 Å². The van der Waals surface area contributed by atoms with E-state index in [4.69, 9.17) is 4.74 Å². The second-order valence-electron chi connectivity index (χ2n) is 9.48. The maximum atomic E-state index is 6.04. The number of rotatable bonds is 7. The van der Waals surface area contributed by atoms with Crippen LogP contribution in [0.3, 0.4) is 0 Å². The highest BCUT2D eigenvalue weighted by Crippen LogP contribution is 2.35. The fourth-order valence-corrected chi connectivity index (χ4v) is 5.84. The molecular formula is C29H26N6OS. The molecule has 0 bridgehead atoms. The Kier molecular flexibility index (Phi) is 5.68. The number of pyridine rings is 2. The fourth-order valence-electron chi connectivity index (χ4n) is 5.18. The van der Waals surface area contributed by atoms with Crippen LogP contribution in [-0.4, -0.2) is 56.3 Å². The predicted octanol–water partition coefficient (Wildman–Crippen LogP) is 6.37. The summed E-state index contributed by atoms with van der Waals surface area (Å²) in [4.78, 5) is 14.9. The van der Waals surface area contributed by atoms with Gasteiger partial charge in [-0.05, 0) is 78.2 Å². The minimum atomic E-state index is 0.679. The molecule has 8 heteroatoms. The molecule has 0 radical (unpaired) electrons. The number of ether oxygens (including phenoxy) is 1. The first-order valence-corrected chi connectivity index (χ1v) is 13.5. The molecule has 2 N–H and O–H groups in total. The zero-order valence-electron chi connectivity index (χ0n) is 20.3. The first-order valence-electron chi connectivity index (χ1n) is 12.6. The predicted molar refractivity (Wildman–Crippen MR) is 149 cm³/mol. The van der Waals surface area contributed by atoms with Crippen LogP contribution in [0.4, 0.5) is 0 Å². The molecule has 37 heavy (non-hydrogen) atoms. The summed E-state index contributed by atoms with van der Waals surface area (Å²) >= 11 is 1.69. The first-order chi connectivity index (χ1) is 18.3. The van der Waals surface area contributed by atoms with Gasteiger partial charge < -0.3 is 9.72 Å². The van der Waals surface area contributed by atoms with E-state index in [1.807, 2.05) is 18.6 Å². The number of nitrogens with zero attached hydrogens (tertiary/aromatic N) is 4. The van der Waals surface area contributed by atoms with Crippen LogP contribution in [-0.2, 0) is 0 Å². The monoisotopic (exact) mass is 506 g/mol. The maximum absolute atomic E-state index is 6.04. The van der Waals surface area contributed by atoms with Crippen molar-refractivity contribution in [2.45, 2.75) is 12.8 Å². The summed E-state index contributed by atoms with van der Waals surface area (Å²) < 4.78 is 6.04. The van der Waals surface area contributed by atoms with Crippen molar-refractivity contribution >= 4 is 33.1 Å². The number of nitrogens with one attached hydrogen (secondary N) is 2. The number of hydrogen-bond acceptors (Lipinski definition) is 6. The molecular weight excluding hydrogens is 480 g/mol. The Morgan fingerprint density at radius 2 is 1.78 bits per heavy atom. The molecule has 184 valence electrons. The van der Waals surface area contributed by atoms with Gasteiger partial charge in [0.15, 0.2) is 0 Å². The maximum Gasteiger partial charge on any atom is 0.138 e. The summed E-state index contributed by atoms with van der Waals surface area (Å²) in [6.07, 6.45) is 10.1. The standard InChI is InChI=1S/C29H26N6OS/c1-2-7-35(6-1)8-9-36-22-11-21(14-30-15-22)19-3-4-26-24(12-19)29(34-33-26)27-13-23-25(20-5-10-37-18-20)16-31-17-28(23)32-27/h3-5,10-18,32H,1-2,6-9H2,(H,33,34). The van der Waals surface area contributed by atoms with Crippen molar-refractivity contribution in [3.63, 3.8) is 0 Å². The van der Waals surface area contributed by atoms with Crippen LogP contribution < -0.4 is 4.74 Å². The molecule has 0 spiro atoms. The third kappa shape index (κ3) is 4.28. The number of thiophene rings is 1. The summed E-state index contributed by atoms with van der Waals surface area (Å²) in [6, 6.07) is 12.7. The second-order valence-corrected chi connectivity index (χ2v) is 10.3. The van der Waals surface area contributed by atoms with Gasteiger partial charge in [0.2, 0.25) is 0 Å². The number of fused-ring (bicyclic) bond motifs is 2. The lowest BCUT2D eigenvalue weighted by molar-refractivity contribution is 0.237. The lowest BCUT2D eigenvalue weighted by Gasteiger charge is -2.15. The van der Waals surface area contributed by atoms with Gasteiger partial charge in [0, 0.05) is 40.8 Å². The van der Waals surface area contributed by atoms with Crippen LogP contribution in [0.2, 0.25) is 0 Å². The molecule has 1 saturated heterocycles. The van der Waals surface area contributed by atoms with Gasteiger partial charge in [-0.2, -0.15) is 16.4 Å². The molecule has 0 unspecified atom stereocenters. The number of H-pyrrole nitrogens is 2. The number of aromatic amines is 2. The number of benzene rings is 1. The topological polar surface area (TPSA) is 82.7 Å². The first kappa shape index (κ1) is 22.2.